The second-order valence-corrected chi connectivity index (χ2v) is 7.04. The average molecular weight is 490 g/mol. The van der Waals surface area contributed by atoms with E-state index in [9.17, 15) is 35.9 Å². The number of ether oxygens (including phenoxy) is 2. The summed E-state index contributed by atoms with van der Waals surface area (Å²) in [6.07, 6.45) is -0.795. The molecule has 0 radical (unpaired) electrons. The number of alkyl halides is 4. The topological polar surface area (TPSA) is 116 Å². The van der Waals surface area contributed by atoms with Crippen LogP contribution in [0, 0.1) is 11.6 Å². The van der Waals surface area contributed by atoms with Gasteiger partial charge in [-0.1, -0.05) is 0 Å². The molecule has 14 heteroatoms. The molecule has 8 nitrogen and oxygen atoms in total. The Labute approximate surface area is 187 Å². The molecule has 0 spiro atoms. The van der Waals surface area contributed by atoms with Crippen LogP contribution in [0.4, 0.5) is 32.0 Å². The molecule has 0 saturated carbocycles. The number of benzene rings is 1. The van der Waals surface area contributed by atoms with E-state index < -0.39 is 72.1 Å². The second-order valence-electron chi connectivity index (χ2n) is 7.04. The molecule has 1 saturated heterocycles. The molecule has 3 rings (SSSR count). The van der Waals surface area contributed by atoms with Crippen molar-refractivity contribution in [1.29, 1.82) is 0 Å². The molecule has 0 aliphatic carbocycles. The van der Waals surface area contributed by atoms with Crippen molar-refractivity contribution in [3.8, 4) is 11.3 Å². The van der Waals surface area contributed by atoms with Crippen molar-refractivity contribution in [1.82, 2.24) is 9.97 Å². The fourth-order valence-electron chi connectivity index (χ4n) is 3.09. The summed E-state index contributed by atoms with van der Waals surface area (Å²) in [5.41, 5.74) is 3.64. The zero-order chi connectivity index (χ0) is 25.0. The smallest absolute Gasteiger partial charge is 0.388 e. The van der Waals surface area contributed by atoms with Gasteiger partial charge in [0.05, 0.1) is 17.5 Å². The van der Waals surface area contributed by atoms with Crippen LogP contribution in [0.5, 0.6) is 0 Å². The summed E-state index contributed by atoms with van der Waals surface area (Å²) in [6, 6.07) is 2.36. The highest BCUT2D eigenvalue weighted by Gasteiger charge is 2.38. The first-order valence-corrected chi connectivity index (χ1v) is 9.54. The van der Waals surface area contributed by atoms with Gasteiger partial charge in [-0.15, -0.1) is 0 Å². The van der Waals surface area contributed by atoms with Crippen LogP contribution in [0.15, 0.2) is 36.5 Å². The van der Waals surface area contributed by atoms with Crippen LogP contribution in [-0.2, 0) is 19.1 Å². The third-order valence-electron chi connectivity index (χ3n) is 4.59. The van der Waals surface area contributed by atoms with Crippen LogP contribution < -0.4 is 11.1 Å². The van der Waals surface area contributed by atoms with Crippen LogP contribution in [0.2, 0.25) is 0 Å². The van der Waals surface area contributed by atoms with Crippen molar-refractivity contribution in [3.05, 3.63) is 53.8 Å². The number of nitrogens with zero attached hydrogens (tertiary/aromatic N) is 2. The van der Waals surface area contributed by atoms with Gasteiger partial charge in [0, 0.05) is 12.0 Å². The predicted molar refractivity (Wildman–Crippen MR) is 103 cm³/mol. The van der Waals surface area contributed by atoms with E-state index in [4.69, 9.17) is 10.5 Å². The van der Waals surface area contributed by atoms with Crippen LogP contribution in [0.1, 0.15) is 24.6 Å². The number of amides is 1. The molecule has 1 aliphatic heterocycles. The summed E-state index contributed by atoms with van der Waals surface area (Å²) in [7, 11) is 0. The lowest BCUT2D eigenvalue weighted by molar-refractivity contribution is -0.146. The maximum absolute atomic E-state index is 14.4. The monoisotopic (exact) mass is 490 g/mol. The minimum absolute atomic E-state index is 0.189. The number of hydrogen-bond donors (Lipinski definition) is 2. The molecule has 1 aromatic carbocycles. The Morgan fingerprint density at radius 3 is 2.65 bits per heavy atom. The van der Waals surface area contributed by atoms with Gasteiger partial charge in [0.2, 0.25) is 5.78 Å². The summed E-state index contributed by atoms with van der Waals surface area (Å²) in [5.74, 6) is -8.90. The van der Waals surface area contributed by atoms with Crippen LogP contribution >= 0.6 is 0 Å². The van der Waals surface area contributed by atoms with Crippen molar-refractivity contribution in [3.63, 3.8) is 0 Å². The number of carbonyl (C=O) groups excluding carboxylic acids is 2. The highest BCUT2D eigenvalue weighted by atomic mass is 19.3. The number of halogens is 6. The highest BCUT2D eigenvalue weighted by Crippen LogP contribution is 2.40. The summed E-state index contributed by atoms with van der Waals surface area (Å²) in [4.78, 5) is 32.3. The van der Waals surface area contributed by atoms with E-state index in [0.29, 0.717) is 0 Å². The number of ketones is 1. The molecule has 1 atom stereocenters. The number of aromatic nitrogens is 2. The van der Waals surface area contributed by atoms with E-state index in [0.717, 1.165) is 24.5 Å². The number of carbonyl (C=O) groups is 2. The lowest BCUT2D eigenvalue weighted by Gasteiger charge is -2.29. The first kappa shape index (κ1) is 25.0. The van der Waals surface area contributed by atoms with E-state index in [2.05, 4.69) is 20.0 Å². The minimum atomic E-state index is -3.36. The van der Waals surface area contributed by atoms with Gasteiger partial charge in [-0.2, -0.15) is 8.78 Å². The normalized spacial score (nSPS) is 18.0. The van der Waals surface area contributed by atoms with Gasteiger partial charge in [-0.3, -0.25) is 9.59 Å². The number of hydrogen-bond acceptors (Lipinski definition) is 7. The van der Waals surface area contributed by atoms with E-state index in [1.54, 1.807) is 0 Å². The maximum Gasteiger partial charge on any atom is 0.388 e. The van der Waals surface area contributed by atoms with E-state index in [-0.39, 0.29) is 23.9 Å². The molecule has 3 N–H and O–H groups in total. The third-order valence-corrected chi connectivity index (χ3v) is 4.59. The van der Waals surface area contributed by atoms with Crippen molar-refractivity contribution in [2.24, 2.45) is 5.73 Å². The van der Waals surface area contributed by atoms with Gasteiger partial charge >= 0.3 is 6.61 Å². The van der Waals surface area contributed by atoms with Gasteiger partial charge in [0.1, 0.15) is 36.4 Å². The number of rotatable bonds is 7. The third kappa shape index (κ3) is 6.01. The molecule has 2 heterocycles. The molecular formula is C20H16F6N4O4. The quantitative estimate of drug-likeness (QED) is 0.264. The lowest BCUT2D eigenvalue weighted by Crippen LogP contribution is -2.32. The Bertz CT molecular complexity index is 1120. The van der Waals surface area contributed by atoms with Crippen molar-refractivity contribution in [2.75, 3.05) is 11.9 Å². The fraction of sp³-hybridized carbons (Fsp3) is 0.300. The van der Waals surface area contributed by atoms with Gasteiger partial charge in [0.15, 0.2) is 5.88 Å². The zero-order valence-electron chi connectivity index (χ0n) is 17.0. The van der Waals surface area contributed by atoms with E-state index in [1.807, 2.05) is 0 Å². The molecule has 1 aromatic heterocycles. The van der Waals surface area contributed by atoms with Crippen LogP contribution in [-0.4, -0.2) is 40.8 Å². The fourth-order valence-corrected chi connectivity index (χ4v) is 3.09. The first-order valence-electron chi connectivity index (χ1n) is 9.54. The largest absolute Gasteiger partial charge is 0.419 e. The summed E-state index contributed by atoms with van der Waals surface area (Å²) in [6.45, 7) is -4.33. The molecule has 1 unspecified atom stereocenters. The van der Waals surface area contributed by atoms with Gasteiger partial charge in [-0.25, -0.2) is 27.5 Å². The molecule has 2 aromatic rings. The molecule has 1 fully saturated rings. The standard InChI is InChI=1S/C20H16F6N4O4/c21-9-1-2-11(22)10(5-9)15-17(30-18(32)12(31)6-14(27)34-19(23)24)16(29-8-28-15)13-3-4-20(25,26)7-33-13/h1-2,5-6,8,13,19H,3-4,7,27H2,(H,30,32)/b14-6+. The van der Waals surface area contributed by atoms with Crippen LogP contribution in [0.3, 0.4) is 0 Å². The zero-order valence-corrected chi connectivity index (χ0v) is 17.0. The van der Waals surface area contributed by atoms with Crippen molar-refractivity contribution in [2.45, 2.75) is 31.5 Å². The summed E-state index contributed by atoms with van der Waals surface area (Å²) in [5, 5.41) is 2.09. The van der Waals surface area contributed by atoms with Crippen molar-refractivity contribution >= 4 is 17.4 Å². The maximum atomic E-state index is 14.4. The van der Waals surface area contributed by atoms with Gasteiger partial charge in [-0.05, 0) is 24.6 Å². The molecule has 1 aliphatic rings. The lowest BCUT2D eigenvalue weighted by atomic mass is 10.00. The van der Waals surface area contributed by atoms with E-state index >= 15 is 0 Å². The summed E-state index contributed by atoms with van der Waals surface area (Å²) < 4.78 is 88.6. The predicted octanol–water partition coefficient (Wildman–Crippen LogP) is 3.46. The number of anilines is 1. The Balaban J connectivity index is 2.02. The SMILES string of the molecule is N/C(=C\C(=O)C(=O)Nc1c(-c2cc(F)ccc2F)ncnc1C1CCC(F)(F)CO1)OC(F)F. The average Bonchev–Trinajstić information content (AvgIpc) is 2.75. The Kier molecular flexibility index (Phi) is 7.39. The number of nitrogens with two attached hydrogens (primary N) is 1. The van der Waals surface area contributed by atoms with Gasteiger partial charge in [0.25, 0.3) is 11.8 Å². The Hall–Kier alpha value is -3.68. The highest BCUT2D eigenvalue weighted by molar-refractivity contribution is 6.44. The molecule has 182 valence electrons. The molecule has 0 bridgehead atoms. The summed E-state index contributed by atoms with van der Waals surface area (Å²) >= 11 is 0. The second kappa shape index (κ2) is 10.1. The number of nitrogens with one attached hydrogen (secondary N) is 1. The van der Waals surface area contributed by atoms with Crippen LogP contribution in [0.25, 0.3) is 11.3 Å². The first-order chi connectivity index (χ1) is 16.0. The Morgan fingerprint density at radius 2 is 2.00 bits per heavy atom. The molecule has 34 heavy (non-hydrogen) atoms. The Morgan fingerprint density at radius 1 is 1.26 bits per heavy atom. The van der Waals surface area contributed by atoms with Gasteiger partial charge < -0.3 is 20.5 Å². The van der Waals surface area contributed by atoms with Crippen molar-refractivity contribution < 1.29 is 45.4 Å². The molecule has 1 amide bonds. The van der Waals surface area contributed by atoms with E-state index in [1.165, 1.54) is 0 Å². The molecular weight excluding hydrogens is 474 g/mol. The minimum Gasteiger partial charge on any atom is -0.419 e.